The molecule has 1 rings (SSSR count). The lowest BCUT2D eigenvalue weighted by molar-refractivity contribution is 0.0695. The average Bonchev–Trinajstić information content (AvgIpc) is 2.74. The summed E-state index contributed by atoms with van der Waals surface area (Å²) in [5, 5.41) is 14.0. The van der Waals surface area contributed by atoms with Crippen molar-refractivity contribution in [3.63, 3.8) is 0 Å². The lowest BCUT2D eigenvalue weighted by Crippen LogP contribution is -2.35. The van der Waals surface area contributed by atoms with Crippen LogP contribution in [0.2, 0.25) is 0 Å². The molecule has 102 valence electrons. The summed E-state index contributed by atoms with van der Waals surface area (Å²) in [5.74, 6) is 5.23. The molecule has 0 radical (unpaired) electrons. The van der Waals surface area contributed by atoms with Crippen molar-refractivity contribution < 1.29 is 19.1 Å². The summed E-state index contributed by atoms with van der Waals surface area (Å²) in [6.45, 7) is 3.90. The molecule has 0 bridgehead atoms. The first-order chi connectivity index (χ1) is 9.04. The Bertz CT molecular complexity index is 522. The third kappa shape index (κ3) is 4.76. The zero-order valence-corrected chi connectivity index (χ0v) is 10.9. The van der Waals surface area contributed by atoms with Gasteiger partial charge in [-0.25, -0.2) is 9.59 Å². The van der Waals surface area contributed by atoms with Gasteiger partial charge in [-0.1, -0.05) is 0 Å². The number of carbonyl (C=O) groups is 2. The van der Waals surface area contributed by atoms with E-state index in [1.54, 1.807) is 13.8 Å². The molecule has 0 aromatic carbocycles. The van der Waals surface area contributed by atoms with Crippen LogP contribution in [0.15, 0.2) is 10.5 Å². The molecule has 6 heteroatoms. The van der Waals surface area contributed by atoms with E-state index in [2.05, 4.69) is 22.5 Å². The summed E-state index contributed by atoms with van der Waals surface area (Å²) >= 11 is 0. The SMILES string of the molecule is CC#CCCNC(=O)NCc1cc(C(=O)O)c(C)o1. The van der Waals surface area contributed by atoms with Gasteiger partial charge in [-0.3, -0.25) is 0 Å². The Balaban J connectivity index is 2.39. The Morgan fingerprint density at radius 3 is 2.74 bits per heavy atom. The van der Waals surface area contributed by atoms with Crippen LogP contribution < -0.4 is 10.6 Å². The summed E-state index contributed by atoms with van der Waals surface area (Å²) in [5.41, 5.74) is 0.107. The molecule has 19 heavy (non-hydrogen) atoms. The van der Waals surface area contributed by atoms with Gasteiger partial charge in [0, 0.05) is 13.0 Å². The third-order valence-corrected chi connectivity index (χ3v) is 2.33. The van der Waals surface area contributed by atoms with E-state index in [4.69, 9.17) is 9.52 Å². The van der Waals surface area contributed by atoms with Gasteiger partial charge in [-0.05, 0) is 19.9 Å². The molecule has 3 N–H and O–H groups in total. The Morgan fingerprint density at radius 2 is 2.16 bits per heavy atom. The van der Waals surface area contributed by atoms with Crippen molar-refractivity contribution in [2.24, 2.45) is 0 Å². The summed E-state index contributed by atoms with van der Waals surface area (Å²) in [6, 6.07) is 1.06. The Kier molecular flexibility index (Phi) is 5.48. The van der Waals surface area contributed by atoms with Crippen molar-refractivity contribution in [2.75, 3.05) is 6.54 Å². The second-order valence-corrected chi connectivity index (χ2v) is 3.77. The number of aryl methyl sites for hydroxylation is 1. The standard InChI is InChI=1S/C13H16N2O4/c1-3-4-5-6-14-13(18)15-8-10-7-11(12(16)17)9(2)19-10/h7H,5-6,8H2,1-2H3,(H,16,17)(H2,14,15,18). The second kappa shape index (κ2) is 7.11. The van der Waals surface area contributed by atoms with E-state index >= 15 is 0 Å². The van der Waals surface area contributed by atoms with Gasteiger partial charge >= 0.3 is 12.0 Å². The molecule has 1 aromatic rings. The first-order valence-corrected chi connectivity index (χ1v) is 5.78. The minimum atomic E-state index is -1.05. The van der Waals surface area contributed by atoms with Crippen molar-refractivity contribution in [3.8, 4) is 11.8 Å². The van der Waals surface area contributed by atoms with Gasteiger partial charge in [0.05, 0.1) is 6.54 Å². The summed E-state index contributed by atoms with van der Waals surface area (Å²) in [7, 11) is 0. The lowest BCUT2D eigenvalue weighted by atomic mass is 10.2. The molecule has 0 aliphatic heterocycles. The van der Waals surface area contributed by atoms with Gasteiger partial charge in [0.25, 0.3) is 0 Å². The van der Waals surface area contributed by atoms with Crippen LogP contribution in [-0.4, -0.2) is 23.7 Å². The maximum Gasteiger partial charge on any atom is 0.339 e. The predicted octanol–water partition coefficient (Wildman–Crippen LogP) is 1.50. The zero-order chi connectivity index (χ0) is 14.3. The predicted molar refractivity (Wildman–Crippen MR) is 68.7 cm³/mol. The number of aromatic carboxylic acids is 1. The van der Waals surface area contributed by atoms with Crippen LogP contribution in [0.5, 0.6) is 0 Å². The lowest BCUT2D eigenvalue weighted by Gasteiger charge is -2.04. The number of furan rings is 1. The number of nitrogens with one attached hydrogen (secondary N) is 2. The molecule has 1 aromatic heterocycles. The summed E-state index contributed by atoms with van der Waals surface area (Å²) in [4.78, 5) is 22.2. The zero-order valence-electron chi connectivity index (χ0n) is 10.9. The Morgan fingerprint density at radius 1 is 1.42 bits per heavy atom. The van der Waals surface area contributed by atoms with Crippen molar-refractivity contribution in [1.82, 2.24) is 10.6 Å². The van der Waals surface area contributed by atoms with Crippen LogP contribution in [0.3, 0.4) is 0 Å². The minimum Gasteiger partial charge on any atom is -0.478 e. The van der Waals surface area contributed by atoms with Gasteiger partial charge in [-0.15, -0.1) is 11.8 Å². The molecule has 0 saturated heterocycles. The highest BCUT2D eigenvalue weighted by molar-refractivity contribution is 5.88. The molecule has 0 aliphatic rings. The highest BCUT2D eigenvalue weighted by atomic mass is 16.4. The number of carboxylic acid groups (broad SMARTS) is 1. The maximum atomic E-state index is 11.4. The van der Waals surface area contributed by atoms with Crippen LogP contribution in [0.25, 0.3) is 0 Å². The number of rotatable bonds is 5. The molecule has 0 atom stereocenters. The Hall–Kier alpha value is -2.42. The van der Waals surface area contributed by atoms with Gasteiger partial charge in [0.1, 0.15) is 17.1 Å². The molecule has 0 saturated carbocycles. The quantitative estimate of drug-likeness (QED) is 0.555. The maximum absolute atomic E-state index is 11.4. The van der Waals surface area contributed by atoms with E-state index < -0.39 is 5.97 Å². The van der Waals surface area contributed by atoms with Crippen LogP contribution >= 0.6 is 0 Å². The second-order valence-electron chi connectivity index (χ2n) is 3.77. The highest BCUT2D eigenvalue weighted by Crippen LogP contribution is 2.14. The number of carboxylic acids is 1. The number of hydrogen-bond acceptors (Lipinski definition) is 3. The number of amides is 2. The molecular weight excluding hydrogens is 248 g/mol. The van der Waals surface area contributed by atoms with Crippen molar-refractivity contribution in [3.05, 3.63) is 23.2 Å². The molecule has 0 unspecified atom stereocenters. The average molecular weight is 264 g/mol. The van der Waals surface area contributed by atoms with Crippen LogP contribution in [0.4, 0.5) is 4.79 Å². The molecule has 6 nitrogen and oxygen atoms in total. The van der Waals surface area contributed by atoms with E-state index in [1.165, 1.54) is 6.07 Å². The van der Waals surface area contributed by atoms with Crippen molar-refractivity contribution in [2.45, 2.75) is 26.8 Å². The molecule has 0 fully saturated rings. The van der Waals surface area contributed by atoms with E-state index in [9.17, 15) is 9.59 Å². The fraction of sp³-hybridized carbons (Fsp3) is 0.385. The van der Waals surface area contributed by atoms with Gasteiger partial charge in [0.15, 0.2) is 0 Å². The van der Waals surface area contributed by atoms with E-state index in [0.717, 1.165) is 0 Å². The Labute approximate surface area is 111 Å². The van der Waals surface area contributed by atoms with Crippen LogP contribution in [0.1, 0.15) is 35.2 Å². The normalized spacial score (nSPS) is 9.37. The molecule has 0 spiro atoms. The number of hydrogen-bond donors (Lipinski definition) is 3. The van der Waals surface area contributed by atoms with Gasteiger partial charge in [0.2, 0.25) is 0 Å². The molecule has 2 amide bonds. The van der Waals surface area contributed by atoms with Gasteiger partial charge in [-0.2, -0.15) is 0 Å². The van der Waals surface area contributed by atoms with Crippen molar-refractivity contribution >= 4 is 12.0 Å². The first kappa shape index (κ1) is 14.6. The van der Waals surface area contributed by atoms with Crippen molar-refractivity contribution in [1.29, 1.82) is 0 Å². The monoisotopic (exact) mass is 264 g/mol. The fourth-order valence-corrected chi connectivity index (χ4v) is 1.44. The largest absolute Gasteiger partial charge is 0.478 e. The first-order valence-electron chi connectivity index (χ1n) is 5.78. The smallest absolute Gasteiger partial charge is 0.339 e. The number of urea groups is 1. The number of carbonyl (C=O) groups excluding carboxylic acids is 1. The summed E-state index contributed by atoms with van der Waals surface area (Å²) < 4.78 is 5.22. The van der Waals surface area contributed by atoms with E-state index in [0.29, 0.717) is 24.5 Å². The summed E-state index contributed by atoms with van der Waals surface area (Å²) in [6.07, 6.45) is 0.590. The van der Waals surface area contributed by atoms with Crippen LogP contribution in [-0.2, 0) is 6.54 Å². The van der Waals surface area contributed by atoms with Gasteiger partial charge < -0.3 is 20.2 Å². The third-order valence-electron chi connectivity index (χ3n) is 2.33. The minimum absolute atomic E-state index is 0.107. The van der Waals surface area contributed by atoms with E-state index in [-0.39, 0.29) is 18.1 Å². The molecule has 0 aliphatic carbocycles. The topological polar surface area (TPSA) is 91.6 Å². The fourth-order valence-electron chi connectivity index (χ4n) is 1.44. The van der Waals surface area contributed by atoms with Crippen LogP contribution in [0, 0.1) is 18.8 Å². The molecular formula is C13H16N2O4. The highest BCUT2D eigenvalue weighted by Gasteiger charge is 2.13. The van der Waals surface area contributed by atoms with E-state index in [1.807, 2.05) is 0 Å². The molecule has 1 heterocycles.